The van der Waals surface area contributed by atoms with Crippen molar-refractivity contribution < 1.29 is 22.4 Å². The van der Waals surface area contributed by atoms with Gasteiger partial charge in [-0.1, -0.05) is 12.8 Å². The number of sulfonamides is 1. The van der Waals surface area contributed by atoms with E-state index in [0.717, 1.165) is 31.2 Å². The van der Waals surface area contributed by atoms with Crippen molar-refractivity contribution in [2.24, 2.45) is 0 Å². The molecule has 4 rings (SSSR count). The van der Waals surface area contributed by atoms with E-state index in [0.29, 0.717) is 24.7 Å². The van der Waals surface area contributed by atoms with Crippen molar-refractivity contribution in [2.75, 3.05) is 25.5 Å². The molecule has 1 aliphatic heterocycles. The highest BCUT2D eigenvalue weighted by molar-refractivity contribution is 7.89. The molecule has 32 heavy (non-hydrogen) atoms. The number of carbonyl (C=O) groups excluding carboxylic acids is 1. The minimum Gasteiger partial charge on any atom is -0.495 e. The first kappa shape index (κ1) is 22.0. The van der Waals surface area contributed by atoms with Crippen molar-refractivity contribution in [3.8, 4) is 17.2 Å². The second kappa shape index (κ2) is 9.49. The van der Waals surface area contributed by atoms with E-state index in [2.05, 4.69) is 15.5 Å². The Morgan fingerprint density at radius 2 is 1.78 bits per heavy atom. The molecule has 1 fully saturated rings. The standard InChI is InChI=1S/C22H24N4O5S/c1-30-19-11-8-17(14-20(19)32(28,29)26-12-4-2-3-5-13-26)21(27)24-18-9-6-16(7-10-18)22-25-23-15-31-22/h6-11,14-15H,2-5,12-13H2,1H3,(H,24,27). The summed E-state index contributed by atoms with van der Waals surface area (Å²) in [5.74, 6) is 0.168. The summed E-state index contributed by atoms with van der Waals surface area (Å²) in [6.45, 7) is 0.933. The van der Waals surface area contributed by atoms with Crippen LogP contribution in [-0.2, 0) is 10.0 Å². The predicted octanol–water partition coefficient (Wildman–Crippen LogP) is 3.56. The normalized spacial score (nSPS) is 15.2. The average molecular weight is 457 g/mol. The van der Waals surface area contributed by atoms with Gasteiger partial charge in [0.1, 0.15) is 10.6 Å². The van der Waals surface area contributed by atoms with Crippen molar-refractivity contribution >= 4 is 21.6 Å². The number of nitrogens with zero attached hydrogens (tertiary/aromatic N) is 3. The van der Waals surface area contributed by atoms with Crippen LogP contribution < -0.4 is 10.1 Å². The lowest BCUT2D eigenvalue weighted by Gasteiger charge is -2.21. The Hall–Kier alpha value is -3.24. The molecule has 0 bridgehead atoms. The number of rotatable bonds is 6. The minimum atomic E-state index is -3.78. The first-order valence-electron chi connectivity index (χ1n) is 10.4. The molecule has 0 aliphatic carbocycles. The molecule has 1 aliphatic rings. The molecule has 1 aromatic heterocycles. The lowest BCUT2D eigenvalue weighted by atomic mass is 10.1. The first-order chi connectivity index (χ1) is 15.5. The number of hydrogen-bond donors (Lipinski definition) is 1. The van der Waals surface area contributed by atoms with E-state index >= 15 is 0 Å². The zero-order valence-electron chi connectivity index (χ0n) is 17.7. The van der Waals surface area contributed by atoms with Gasteiger partial charge in [-0.05, 0) is 55.3 Å². The van der Waals surface area contributed by atoms with Crippen molar-refractivity contribution in [1.29, 1.82) is 0 Å². The van der Waals surface area contributed by atoms with E-state index in [1.807, 2.05) is 0 Å². The third kappa shape index (κ3) is 4.66. The quantitative estimate of drug-likeness (QED) is 0.603. The van der Waals surface area contributed by atoms with Crippen LogP contribution in [-0.4, -0.2) is 49.0 Å². The van der Waals surface area contributed by atoms with Gasteiger partial charge in [-0.25, -0.2) is 8.42 Å². The Balaban J connectivity index is 1.56. The number of hydrogen-bond acceptors (Lipinski definition) is 7. The average Bonchev–Trinajstić information content (AvgIpc) is 3.20. The molecule has 1 amide bonds. The Morgan fingerprint density at radius 3 is 2.41 bits per heavy atom. The number of methoxy groups -OCH3 is 1. The fourth-order valence-corrected chi connectivity index (χ4v) is 5.34. The van der Waals surface area contributed by atoms with Gasteiger partial charge < -0.3 is 14.5 Å². The summed E-state index contributed by atoms with van der Waals surface area (Å²) in [4.78, 5) is 12.8. The van der Waals surface area contributed by atoms with Gasteiger partial charge in [-0.3, -0.25) is 4.79 Å². The maximum absolute atomic E-state index is 13.3. The lowest BCUT2D eigenvalue weighted by Crippen LogP contribution is -2.32. The molecule has 0 spiro atoms. The predicted molar refractivity (Wildman–Crippen MR) is 118 cm³/mol. The van der Waals surface area contributed by atoms with Crippen LogP contribution in [0.2, 0.25) is 0 Å². The van der Waals surface area contributed by atoms with Gasteiger partial charge in [0.05, 0.1) is 7.11 Å². The highest BCUT2D eigenvalue weighted by Gasteiger charge is 2.29. The van der Waals surface area contributed by atoms with Gasteiger partial charge in [0.2, 0.25) is 22.3 Å². The van der Waals surface area contributed by atoms with Crippen molar-refractivity contribution in [1.82, 2.24) is 14.5 Å². The summed E-state index contributed by atoms with van der Waals surface area (Å²) < 4.78 is 38.5. The summed E-state index contributed by atoms with van der Waals surface area (Å²) in [5.41, 5.74) is 1.49. The van der Waals surface area contributed by atoms with Crippen LogP contribution >= 0.6 is 0 Å². The molecular formula is C22H24N4O5S. The first-order valence-corrected chi connectivity index (χ1v) is 11.8. The van der Waals surface area contributed by atoms with Crippen molar-refractivity contribution in [3.05, 3.63) is 54.4 Å². The second-order valence-corrected chi connectivity index (χ2v) is 9.37. The molecule has 1 N–H and O–H groups in total. The van der Waals surface area contributed by atoms with Gasteiger partial charge in [0.15, 0.2) is 0 Å². The van der Waals surface area contributed by atoms with Crippen molar-refractivity contribution in [3.63, 3.8) is 0 Å². The van der Waals surface area contributed by atoms with Gasteiger partial charge in [0.25, 0.3) is 5.91 Å². The molecule has 2 aromatic carbocycles. The summed E-state index contributed by atoms with van der Waals surface area (Å²) in [6, 6.07) is 11.3. The molecular weight excluding hydrogens is 432 g/mol. The van der Waals surface area contributed by atoms with Crippen LogP contribution in [0.15, 0.2) is 58.2 Å². The summed E-state index contributed by atoms with van der Waals surface area (Å²) >= 11 is 0. The molecule has 1 saturated heterocycles. The molecule has 9 nitrogen and oxygen atoms in total. The van der Waals surface area contributed by atoms with Crippen LogP contribution in [0.1, 0.15) is 36.0 Å². The highest BCUT2D eigenvalue weighted by Crippen LogP contribution is 2.30. The minimum absolute atomic E-state index is 0.00120. The van der Waals surface area contributed by atoms with Gasteiger partial charge in [0, 0.05) is 29.9 Å². The maximum atomic E-state index is 13.3. The number of benzene rings is 2. The van der Waals surface area contributed by atoms with E-state index in [4.69, 9.17) is 9.15 Å². The highest BCUT2D eigenvalue weighted by atomic mass is 32.2. The SMILES string of the molecule is COc1ccc(C(=O)Nc2ccc(-c3nnco3)cc2)cc1S(=O)(=O)N1CCCCCC1. The smallest absolute Gasteiger partial charge is 0.255 e. The molecule has 0 unspecified atom stereocenters. The summed E-state index contributed by atoms with van der Waals surface area (Å²) in [7, 11) is -2.36. The molecule has 3 aromatic rings. The van der Waals surface area contributed by atoms with Gasteiger partial charge >= 0.3 is 0 Å². The zero-order valence-corrected chi connectivity index (χ0v) is 18.5. The molecule has 2 heterocycles. The van der Waals surface area contributed by atoms with Crippen LogP contribution in [0.25, 0.3) is 11.5 Å². The topological polar surface area (TPSA) is 115 Å². The molecule has 168 valence electrons. The third-order valence-corrected chi connectivity index (χ3v) is 7.28. The summed E-state index contributed by atoms with van der Waals surface area (Å²) in [5, 5.41) is 10.3. The van der Waals surface area contributed by atoms with E-state index in [1.165, 1.54) is 29.9 Å². The molecule has 10 heteroatoms. The van der Waals surface area contributed by atoms with E-state index in [-0.39, 0.29) is 16.2 Å². The van der Waals surface area contributed by atoms with Crippen LogP contribution in [0, 0.1) is 0 Å². The Morgan fingerprint density at radius 1 is 1.06 bits per heavy atom. The third-order valence-electron chi connectivity index (χ3n) is 5.36. The van der Waals surface area contributed by atoms with E-state index in [9.17, 15) is 13.2 Å². The van der Waals surface area contributed by atoms with Gasteiger partial charge in [-0.15, -0.1) is 10.2 Å². The van der Waals surface area contributed by atoms with Crippen LogP contribution in [0.4, 0.5) is 5.69 Å². The number of ether oxygens (including phenoxy) is 1. The zero-order chi connectivity index (χ0) is 22.6. The fraction of sp³-hybridized carbons (Fsp3) is 0.318. The Kier molecular flexibility index (Phi) is 6.52. The number of carbonyl (C=O) groups is 1. The monoisotopic (exact) mass is 456 g/mol. The van der Waals surface area contributed by atoms with Crippen LogP contribution in [0.5, 0.6) is 5.75 Å². The number of nitrogens with one attached hydrogen (secondary N) is 1. The summed E-state index contributed by atoms with van der Waals surface area (Å²) in [6.07, 6.45) is 4.91. The second-order valence-electron chi connectivity index (χ2n) is 7.46. The molecule has 0 atom stereocenters. The largest absolute Gasteiger partial charge is 0.495 e. The number of anilines is 1. The Labute approximate surface area is 186 Å². The molecule has 0 radical (unpaired) electrons. The van der Waals surface area contributed by atoms with Gasteiger partial charge in [-0.2, -0.15) is 4.31 Å². The lowest BCUT2D eigenvalue weighted by molar-refractivity contribution is 0.102. The van der Waals surface area contributed by atoms with Crippen LogP contribution in [0.3, 0.4) is 0 Å². The Bertz CT molecular complexity index is 1170. The van der Waals surface area contributed by atoms with E-state index in [1.54, 1.807) is 30.3 Å². The molecule has 0 saturated carbocycles. The van der Waals surface area contributed by atoms with E-state index < -0.39 is 15.9 Å². The number of aromatic nitrogens is 2. The fourth-order valence-electron chi connectivity index (χ4n) is 3.64. The maximum Gasteiger partial charge on any atom is 0.255 e. The van der Waals surface area contributed by atoms with Crippen molar-refractivity contribution in [2.45, 2.75) is 30.6 Å². The number of amides is 1.